The van der Waals surface area contributed by atoms with Gasteiger partial charge in [-0.2, -0.15) is 5.10 Å². The van der Waals surface area contributed by atoms with Crippen molar-refractivity contribution >= 4 is 11.6 Å². The van der Waals surface area contributed by atoms with Crippen molar-refractivity contribution in [2.45, 2.75) is 52.0 Å². The minimum atomic E-state index is -0.660. The van der Waals surface area contributed by atoms with Crippen molar-refractivity contribution in [3.8, 4) is 11.3 Å². The van der Waals surface area contributed by atoms with Crippen LogP contribution in [0.25, 0.3) is 11.3 Å². The Morgan fingerprint density at radius 3 is 2.50 bits per heavy atom. The number of carbonyl (C=O) groups excluding carboxylic acids is 1. The third-order valence-corrected chi connectivity index (χ3v) is 5.75. The summed E-state index contributed by atoms with van der Waals surface area (Å²) < 4.78 is 1.41. The minimum absolute atomic E-state index is 0.129. The third-order valence-electron chi connectivity index (χ3n) is 5.75. The Balaban J connectivity index is 1.78. The summed E-state index contributed by atoms with van der Waals surface area (Å²) in [6.45, 7) is 3.89. The Bertz CT molecular complexity index is 1120. The highest BCUT2D eigenvalue weighted by Gasteiger charge is 2.27. The van der Waals surface area contributed by atoms with Crippen molar-refractivity contribution in [1.29, 1.82) is 0 Å². The van der Waals surface area contributed by atoms with Gasteiger partial charge in [-0.1, -0.05) is 49.4 Å². The average molecular weight is 402 g/mol. The van der Waals surface area contributed by atoms with E-state index in [0.717, 1.165) is 59.3 Å². The number of nitrogens with zero attached hydrogens (tertiary/aromatic N) is 2. The van der Waals surface area contributed by atoms with Gasteiger partial charge >= 0.3 is 0 Å². The van der Waals surface area contributed by atoms with E-state index in [1.165, 1.54) is 4.68 Å². The summed E-state index contributed by atoms with van der Waals surface area (Å²) in [5.74, 6) is -0.215. The second kappa shape index (κ2) is 8.66. The summed E-state index contributed by atoms with van der Waals surface area (Å²) >= 11 is 0. The van der Waals surface area contributed by atoms with Crippen molar-refractivity contribution in [1.82, 2.24) is 9.78 Å². The topological polar surface area (TPSA) is 64.0 Å². The molecule has 1 aliphatic carbocycles. The van der Waals surface area contributed by atoms with Crippen LogP contribution in [0.3, 0.4) is 0 Å². The van der Waals surface area contributed by atoms with Crippen LogP contribution >= 0.6 is 0 Å². The van der Waals surface area contributed by atoms with Crippen molar-refractivity contribution in [3.05, 3.63) is 81.6 Å². The van der Waals surface area contributed by atoms with Crippen LogP contribution in [-0.4, -0.2) is 15.7 Å². The minimum Gasteiger partial charge on any atom is -0.324 e. The second-order valence-corrected chi connectivity index (χ2v) is 7.91. The molecule has 0 radical (unpaired) electrons. The molecule has 1 amide bonds. The first-order valence-electron chi connectivity index (χ1n) is 10.7. The molecule has 1 heterocycles. The van der Waals surface area contributed by atoms with Gasteiger partial charge in [0.2, 0.25) is 5.91 Å². The monoisotopic (exact) mass is 401 g/mol. The molecule has 1 unspecified atom stereocenters. The maximum absolute atomic E-state index is 13.3. The zero-order valence-electron chi connectivity index (χ0n) is 17.5. The quantitative estimate of drug-likeness (QED) is 0.675. The molecular weight excluding hydrogens is 374 g/mol. The zero-order chi connectivity index (χ0) is 21.1. The van der Waals surface area contributed by atoms with Crippen molar-refractivity contribution in [2.24, 2.45) is 0 Å². The normalized spacial score (nSPS) is 14.1. The predicted octanol–water partition coefficient (Wildman–Crippen LogP) is 4.69. The fourth-order valence-electron chi connectivity index (χ4n) is 4.21. The SMILES string of the molecule is CCC(C(=O)Nc1cccc(C)c1)n1nc(-c2ccccc2)c2c(c1=O)CCCC2. The van der Waals surface area contributed by atoms with Gasteiger partial charge in [-0.15, -0.1) is 0 Å². The molecule has 4 rings (SSSR count). The van der Waals surface area contributed by atoms with Crippen molar-refractivity contribution in [2.75, 3.05) is 5.32 Å². The average Bonchev–Trinajstić information content (AvgIpc) is 2.76. The molecule has 0 spiro atoms. The number of hydrogen-bond donors (Lipinski definition) is 1. The summed E-state index contributed by atoms with van der Waals surface area (Å²) in [7, 11) is 0. The number of benzene rings is 2. The van der Waals surface area contributed by atoms with E-state index >= 15 is 0 Å². The molecule has 5 nitrogen and oxygen atoms in total. The predicted molar refractivity (Wildman–Crippen MR) is 120 cm³/mol. The number of aromatic nitrogens is 2. The van der Waals surface area contributed by atoms with Gasteiger partial charge in [0.25, 0.3) is 5.56 Å². The van der Waals surface area contributed by atoms with E-state index in [0.29, 0.717) is 6.42 Å². The van der Waals surface area contributed by atoms with Gasteiger partial charge in [0.1, 0.15) is 6.04 Å². The van der Waals surface area contributed by atoms with Crippen LogP contribution in [0.2, 0.25) is 0 Å². The lowest BCUT2D eigenvalue weighted by atomic mass is 9.89. The van der Waals surface area contributed by atoms with Gasteiger partial charge in [-0.25, -0.2) is 4.68 Å². The first kappa shape index (κ1) is 20.1. The van der Waals surface area contributed by atoms with E-state index in [1.807, 2.05) is 68.4 Å². The Labute approximate surface area is 176 Å². The molecule has 0 fully saturated rings. The van der Waals surface area contributed by atoms with E-state index < -0.39 is 6.04 Å². The maximum atomic E-state index is 13.3. The fourth-order valence-corrected chi connectivity index (χ4v) is 4.21. The Morgan fingerprint density at radius 2 is 1.80 bits per heavy atom. The van der Waals surface area contributed by atoms with E-state index in [9.17, 15) is 9.59 Å². The molecule has 30 heavy (non-hydrogen) atoms. The van der Waals surface area contributed by atoms with Gasteiger partial charge in [0, 0.05) is 16.8 Å². The third kappa shape index (κ3) is 3.92. The molecule has 2 aromatic carbocycles. The lowest BCUT2D eigenvalue weighted by Crippen LogP contribution is -2.38. The number of amides is 1. The van der Waals surface area contributed by atoms with Crippen LogP contribution in [-0.2, 0) is 17.6 Å². The summed E-state index contributed by atoms with van der Waals surface area (Å²) in [4.78, 5) is 26.4. The van der Waals surface area contributed by atoms with E-state index in [4.69, 9.17) is 5.10 Å². The smallest absolute Gasteiger partial charge is 0.271 e. The first-order valence-corrected chi connectivity index (χ1v) is 10.7. The molecule has 0 aliphatic heterocycles. The molecule has 5 heteroatoms. The Kier molecular flexibility index (Phi) is 5.79. The molecular formula is C25H27N3O2. The molecule has 1 aliphatic rings. The largest absolute Gasteiger partial charge is 0.324 e. The number of nitrogens with one attached hydrogen (secondary N) is 1. The number of fused-ring (bicyclic) bond motifs is 1. The molecule has 1 N–H and O–H groups in total. The van der Waals surface area contributed by atoms with Crippen molar-refractivity contribution < 1.29 is 4.79 Å². The van der Waals surface area contributed by atoms with Crippen LogP contribution in [0, 0.1) is 6.92 Å². The van der Waals surface area contributed by atoms with Gasteiger partial charge in [-0.05, 0) is 62.3 Å². The highest BCUT2D eigenvalue weighted by atomic mass is 16.2. The number of rotatable bonds is 5. The van der Waals surface area contributed by atoms with Crippen LogP contribution in [0.1, 0.15) is 48.9 Å². The maximum Gasteiger partial charge on any atom is 0.271 e. The van der Waals surface area contributed by atoms with Crippen LogP contribution in [0.4, 0.5) is 5.69 Å². The molecule has 154 valence electrons. The van der Waals surface area contributed by atoms with Crippen molar-refractivity contribution in [3.63, 3.8) is 0 Å². The molecule has 1 aromatic heterocycles. The standard InChI is InChI=1S/C25H27N3O2/c1-3-22(24(29)26-19-13-9-10-17(2)16-19)28-25(30)21-15-8-7-14-20(21)23(27-28)18-11-5-4-6-12-18/h4-6,9-13,16,22H,3,7-8,14-15H2,1-2H3,(H,26,29). The Morgan fingerprint density at radius 1 is 1.07 bits per heavy atom. The van der Waals surface area contributed by atoms with Gasteiger partial charge in [0.15, 0.2) is 0 Å². The number of aryl methyl sites for hydroxylation is 1. The molecule has 3 aromatic rings. The van der Waals surface area contributed by atoms with Gasteiger partial charge < -0.3 is 5.32 Å². The van der Waals surface area contributed by atoms with E-state index in [-0.39, 0.29) is 11.5 Å². The molecule has 1 atom stereocenters. The van der Waals surface area contributed by atoms with Gasteiger partial charge in [-0.3, -0.25) is 9.59 Å². The highest BCUT2D eigenvalue weighted by molar-refractivity contribution is 5.93. The Hall–Kier alpha value is -3.21. The number of carbonyl (C=O) groups is 1. The zero-order valence-corrected chi connectivity index (χ0v) is 17.5. The second-order valence-electron chi connectivity index (χ2n) is 7.91. The van der Waals surface area contributed by atoms with Crippen LogP contribution in [0.15, 0.2) is 59.4 Å². The van der Waals surface area contributed by atoms with E-state index in [1.54, 1.807) is 0 Å². The van der Waals surface area contributed by atoms with E-state index in [2.05, 4.69) is 5.32 Å². The molecule has 0 saturated carbocycles. The fraction of sp³-hybridized carbons (Fsp3) is 0.320. The summed E-state index contributed by atoms with van der Waals surface area (Å²) in [5.41, 5.74) is 5.34. The summed E-state index contributed by atoms with van der Waals surface area (Å²) in [6, 6.07) is 17.0. The number of anilines is 1. The van der Waals surface area contributed by atoms with Gasteiger partial charge in [0.05, 0.1) is 5.69 Å². The van der Waals surface area contributed by atoms with Crippen LogP contribution < -0.4 is 10.9 Å². The lowest BCUT2D eigenvalue weighted by molar-refractivity contribution is -0.119. The summed E-state index contributed by atoms with van der Waals surface area (Å²) in [5, 5.41) is 7.71. The highest BCUT2D eigenvalue weighted by Crippen LogP contribution is 2.29. The summed E-state index contributed by atoms with van der Waals surface area (Å²) in [6.07, 6.45) is 4.13. The molecule has 0 bridgehead atoms. The van der Waals surface area contributed by atoms with Crippen LogP contribution in [0.5, 0.6) is 0 Å². The first-order chi connectivity index (χ1) is 14.6. The number of hydrogen-bond acceptors (Lipinski definition) is 3. The lowest BCUT2D eigenvalue weighted by Gasteiger charge is -2.23. The molecule has 0 saturated heterocycles.